The summed E-state index contributed by atoms with van der Waals surface area (Å²) in [6, 6.07) is 8.82. The number of anilines is 1. The lowest BCUT2D eigenvalue weighted by Gasteiger charge is -2.31. The molecule has 3 nitrogen and oxygen atoms in total. The first kappa shape index (κ1) is 14.9. The maximum Gasteiger partial charge on any atom is 0.227 e. The Hall–Kier alpha value is -1.51. The Morgan fingerprint density at radius 3 is 2.85 bits per heavy atom. The average molecular weight is 274 g/mol. The minimum Gasteiger partial charge on any atom is -0.382 e. The predicted molar refractivity (Wildman–Crippen MR) is 84.0 cm³/mol. The summed E-state index contributed by atoms with van der Waals surface area (Å²) in [7, 11) is 0. The van der Waals surface area contributed by atoms with Crippen LogP contribution >= 0.6 is 0 Å². The number of carbonyl (C=O) groups is 1. The molecular formula is C17H26N2O. The van der Waals surface area contributed by atoms with E-state index >= 15 is 0 Å². The third-order valence-electron chi connectivity index (χ3n) is 4.12. The Kier molecular flexibility index (Phi) is 5.05. The molecule has 0 saturated carbocycles. The van der Waals surface area contributed by atoms with Gasteiger partial charge in [-0.3, -0.25) is 4.79 Å². The van der Waals surface area contributed by atoms with Crippen LogP contribution in [0.2, 0.25) is 0 Å². The first-order chi connectivity index (χ1) is 9.65. The van der Waals surface area contributed by atoms with Crippen LogP contribution in [0, 0.1) is 0 Å². The van der Waals surface area contributed by atoms with Crippen LogP contribution in [0.25, 0.3) is 0 Å². The first-order valence-electron chi connectivity index (χ1n) is 7.81. The zero-order chi connectivity index (χ0) is 14.5. The molecule has 0 aliphatic carbocycles. The Morgan fingerprint density at radius 2 is 2.15 bits per heavy atom. The molecule has 3 unspecified atom stereocenters. The quantitative estimate of drug-likeness (QED) is 0.860. The number of nitrogens with one attached hydrogen (secondary N) is 2. The lowest BCUT2D eigenvalue weighted by atomic mass is 9.86. The minimum absolute atomic E-state index is 0.0200. The molecule has 20 heavy (non-hydrogen) atoms. The number of benzene rings is 1. The van der Waals surface area contributed by atoms with Gasteiger partial charge in [-0.15, -0.1) is 0 Å². The van der Waals surface area contributed by atoms with Gasteiger partial charge < -0.3 is 10.6 Å². The normalized spacial score (nSPS) is 22.6. The van der Waals surface area contributed by atoms with Gasteiger partial charge in [0, 0.05) is 17.8 Å². The molecule has 1 aromatic rings. The van der Waals surface area contributed by atoms with Gasteiger partial charge in [0.1, 0.15) is 0 Å². The molecule has 3 heteroatoms. The second kappa shape index (κ2) is 6.78. The van der Waals surface area contributed by atoms with Gasteiger partial charge in [0.25, 0.3) is 0 Å². The fourth-order valence-corrected chi connectivity index (χ4v) is 3.01. The summed E-state index contributed by atoms with van der Waals surface area (Å²) < 4.78 is 0. The van der Waals surface area contributed by atoms with Crippen molar-refractivity contribution in [3.8, 4) is 0 Å². The van der Waals surface area contributed by atoms with Crippen LogP contribution in [0.15, 0.2) is 24.3 Å². The molecular weight excluding hydrogens is 248 g/mol. The maximum atomic E-state index is 12.6. The monoisotopic (exact) mass is 274 g/mol. The smallest absolute Gasteiger partial charge is 0.227 e. The van der Waals surface area contributed by atoms with Gasteiger partial charge in [-0.2, -0.15) is 0 Å². The van der Waals surface area contributed by atoms with E-state index in [0.29, 0.717) is 12.1 Å². The summed E-state index contributed by atoms with van der Waals surface area (Å²) in [5.74, 6) is 0.166. The highest BCUT2D eigenvalue weighted by Crippen LogP contribution is 2.34. The zero-order valence-corrected chi connectivity index (χ0v) is 12.8. The lowest BCUT2D eigenvalue weighted by Crippen LogP contribution is -2.40. The molecule has 0 aromatic heterocycles. The van der Waals surface area contributed by atoms with Crippen LogP contribution in [0.1, 0.15) is 57.9 Å². The standard InChI is InChI=1S/C17H26N2O/c1-4-8-13(5-2)19-17(20)15-11-12(3)18-16-10-7-6-9-14(15)16/h6-7,9-10,12-13,15,18H,4-5,8,11H2,1-3H3,(H,19,20). The van der Waals surface area contributed by atoms with Crippen molar-refractivity contribution in [1.29, 1.82) is 0 Å². The number of hydrogen-bond acceptors (Lipinski definition) is 2. The first-order valence-corrected chi connectivity index (χ1v) is 7.81. The lowest BCUT2D eigenvalue weighted by molar-refractivity contribution is -0.123. The molecule has 2 rings (SSSR count). The highest BCUT2D eigenvalue weighted by molar-refractivity contribution is 5.86. The van der Waals surface area contributed by atoms with Crippen LogP contribution in [-0.4, -0.2) is 18.0 Å². The summed E-state index contributed by atoms with van der Waals surface area (Å²) >= 11 is 0. The van der Waals surface area contributed by atoms with Crippen molar-refractivity contribution >= 4 is 11.6 Å². The van der Waals surface area contributed by atoms with Crippen molar-refractivity contribution in [2.75, 3.05) is 5.32 Å². The number of carbonyl (C=O) groups excluding carboxylic acids is 1. The number of rotatable bonds is 5. The highest BCUT2D eigenvalue weighted by Gasteiger charge is 2.30. The average Bonchev–Trinajstić information content (AvgIpc) is 2.45. The third kappa shape index (κ3) is 3.33. The van der Waals surface area contributed by atoms with Crippen LogP contribution < -0.4 is 10.6 Å². The summed E-state index contributed by atoms with van der Waals surface area (Å²) in [5, 5.41) is 6.69. The summed E-state index contributed by atoms with van der Waals surface area (Å²) in [6.45, 7) is 6.44. The molecule has 3 atom stereocenters. The van der Waals surface area contributed by atoms with Crippen molar-refractivity contribution < 1.29 is 4.79 Å². The van der Waals surface area contributed by atoms with Crippen LogP contribution in [0.4, 0.5) is 5.69 Å². The predicted octanol–water partition coefficient (Wildman–Crippen LogP) is 3.67. The SMILES string of the molecule is CCCC(CC)NC(=O)C1CC(C)Nc2ccccc21. The largest absolute Gasteiger partial charge is 0.382 e. The number of amides is 1. The Balaban J connectivity index is 2.13. The number of fused-ring (bicyclic) bond motifs is 1. The highest BCUT2D eigenvalue weighted by atomic mass is 16.1. The van der Waals surface area contributed by atoms with Gasteiger partial charge in [0.05, 0.1) is 5.92 Å². The summed E-state index contributed by atoms with van der Waals surface area (Å²) in [6.07, 6.45) is 4.04. The van der Waals surface area contributed by atoms with E-state index in [1.165, 1.54) is 0 Å². The van der Waals surface area contributed by atoms with E-state index in [1.807, 2.05) is 12.1 Å². The van der Waals surface area contributed by atoms with Gasteiger partial charge in [0.15, 0.2) is 0 Å². The van der Waals surface area contributed by atoms with Crippen molar-refractivity contribution in [2.24, 2.45) is 0 Å². The molecule has 1 aromatic carbocycles. The second-order valence-corrected chi connectivity index (χ2v) is 5.82. The van der Waals surface area contributed by atoms with E-state index in [9.17, 15) is 4.79 Å². The Morgan fingerprint density at radius 1 is 1.40 bits per heavy atom. The van der Waals surface area contributed by atoms with Gasteiger partial charge in [-0.05, 0) is 37.8 Å². The van der Waals surface area contributed by atoms with Crippen LogP contribution in [0.5, 0.6) is 0 Å². The molecule has 1 aliphatic rings. The molecule has 1 aliphatic heterocycles. The molecule has 0 radical (unpaired) electrons. The van der Waals surface area contributed by atoms with Crippen molar-refractivity contribution in [1.82, 2.24) is 5.32 Å². The summed E-state index contributed by atoms with van der Waals surface area (Å²) in [5.41, 5.74) is 2.24. The Labute approximate surface area is 122 Å². The molecule has 0 fully saturated rings. The van der Waals surface area contributed by atoms with Crippen molar-refractivity contribution in [3.63, 3.8) is 0 Å². The van der Waals surface area contributed by atoms with Gasteiger partial charge in [-0.1, -0.05) is 38.5 Å². The van der Waals surface area contributed by atoms with Gasteiger partial charge in [-0.25, -0.2) is 0 Å². The fraction of sp³-hybridized carbons (Fsp3) is 0.588. The van der Waals surface area contributed by atoms with Gasteiger partial charge >= 0.3 is 0 Å². The van der Waals surface area contributed by atoms with Crippen LogP contribution in [0.3, 0.4) is 0 Å². The number of para-hydroxylation sites is 1. The molecule has 1 heterocycles. The van der Waals surface area contributed by atoms with Crippen molar-refractivity contribution in [2.45, 2.75) is 64.5 Å². The molecule has 0 spiro atoms. The molecule has 1 amide bonds. The van der Waals surface area contributed by atoms with E-state index in [0.717, 1.165) is 36.9 Å². The van der Waals surface area contributed by atoms with E-state index in [4.69, 9.17) is 0 Å². The second-order valence-electron chi connectivity index (χ2n) is 5.82. The number of hydrogen-bond donors (Lipinski definition) is 2. The topological polar surface area (TPSA) is 41.1 Å². The fourth-order valence-electron chi connectivity index (χ4n) is 3.01. The molecule has 2 N–H and O–H groups in total. The van der Waals surface area contributed by atoms with Crippen molar-refractivity contribution in [3.05, 3.63) is 29.8 Å². The van der Waals surface area contributed by atoms with E-state index < -0.39 is 0 Å². The van der Waals surface area contributed by atoms with Crippen LogP contribution in [-0.2, 0) is 4.79 Å². The van der Waals surface area contributed by atoms with E-state index in [-0.39, 0.29) is 11.8 Å². The zero-order valence-electron chi connectivity index (χ0n) is 12.8. The maximum absolute atomic E-state index is 12.6. The third-order valence-corrected chi connectivity index (χ3v) is 4.12. The van der Waals surface area contributed by atoms with E-state index in [2.05, 4.69) is 43.5 Å². The minimum atomic E-state index is -0.0200. The molecule has 110 valence electrons. The van der Waals surface area contributed by atoms with Gasteiger partial charge in [0.2, 0.25) is 5.91 Å². The molecule has 0 saturated heterocycles. The Bertz CT molecular complexity index is 458. The molecule has 0 bridgehead atoms. The van der Waals surface area contributed by atoms with E-state index in [1.54, 1.807) is 0 Å². The summed E-state index contributed by atoms with van der Waals surface area (Å²) in [4.78, 5) is 12.6.